The molecule has 0 radical (unpaired) electrons. The molecule has 0 saturated carbocycles. The summed E-state index contributed by atoms with van der Waals surface area (Å²) in [6.07, 6.45) is 1.70. The van der Waals surface area contributed by atoms with Crippen LogP contribution in [0, 0.1) is 13.8 Å². The Labute approximate surface area is 149 Å². The minimum atomic E-state index is -0.369. The zero-order valence-corrected chi connectivity index (χ0v) is 15.0. The number of rotatable bonds is 4. The molecule has 2 amide bonds. The summed E-state index contributed by atoms with van der Waals surface area (Å²) in [5.74, 6) is 1.28. The Morgan fingerprint density at radius 1 is 1.08 bits per heavy atom. The van der Waals surface area contributed by atoms with E-state index in [2.05, 4.69) is 20.6 Å². The average molecular weight is 354 g/mol. The first-order chi connectivity index (χ1) is 12.0. The predicted octanol–water partition coefficient (Wildman–Crippen LogP) is 4.47. The third-order valence-electron chi connectivity index (χ3n) is 3.53. The van der Waals surface area contributed by atoms with Crippen molar-refractivity contribution in [2.45, 2.75) is 13.8 Å². The number of anilines is 2. The van der Waals surface area contributed by atoms with Crippen LogP contribution in [-0.2, 0) is 0 Å². The molecule has 0 aliphatic rings. The van der Waals surface area contributed by atoms with Crippen LogP contribution >= 0.6 is 11.3 Å². The number of carbonyl (C=O) groups excluding carboxylic acids is 1. The van der Waals surface area contributed by atoms with Crippen molar-refractivity contribution < 1.29 is 9.53 Å². The van der Waals surface area contributed by atoms with Crippen molar-refractivity contribution in [2.24, 2.45) is 0 Å². The molecular formula is C18H18N4O2S. The topological polar surface area (TPSA) is 76.1 Å². The second kappa shape index (κ2) is 7.31. The fourth-order valence-electron chi connectivity index (χ4n) is 2.25. The standard InChI is InChI=1S/C18H18N4O2S/c1-11-4-9-15(19-10-11)20-17(23)22-18-21-16(12(2)25-18)13-5-7-14(24-3)8-6-13/h4-10H,1-3H3,(H2,19,20,21,22,23). The summed E-state index contributed by atoms with van der Waals surface area (Å²) in [7, 11) is 1.63. The number of ether oxygens (including phenoxy) is 1. The fourth-order valence-corrected chi connectivity index (χ4v) is 3.08. The number of nitrogens with zero attached hydrogens (tertiary/aromatic N) is 2. The summed E-state index contributed by atoms with van der Waals surface area (Å²) >= 11 is 1.43. The molecule has 0 aliphatic carbocycles. The van der Waals surface area contributed by atoms with E-state index in [0.29, 0.717) is 10.9 Å². The molecule has 0 unspecified atom stereocenters. The van der Waals surface area contributed by atoms with E-state index in [0.717, 1.165) is 27.4 Å². The fraction of sp³-hybridized carbons (Fsp3) is 0.167. The Morgan fingerprint density at radius 2 is 1.84 bits per heavy atom. The maximum atomic E-state index is 12.1. The van der Waals surface area contributed by atoms with Gasteiger partial charge >= 0.3 is 6.03 Å². The van der Waals surface area contributed by atoms with Gasteiger partial charge in [0.2, 0.25) is 0 Å². The number of urea groups is 1. The van der Waals surface area contributed by atoms with Crippen LogP contribution in [0.2, 0.25) is 0 Å². The maximum Gasteiger partial charge on any atom is 0.326 e. The summed E-state index contributed by atoms with van der Waals surface area (Å²) in [5.41, 5.74) is 2.85. The molecule has 7 heteroatoms. The number of hydrogen-bond acceptors (Lipinski definition) is 5. The molecule has 6 nitrogen and oxygen atoms in total. The SMILES string of the molecule is COc1ccc(-c2nc(NC(=O)Nc3ccc(C)cn3)sc2C)cc1. The molecule has 1 aromatic carbocycles. The van der Waals surface area contributed by atoms with Gasteiger partial charge < -0.3 is 4.74 Å². The highest BCUT2D eigenvalue weighted by atomic mass is 32.1. The molecule has 2 aromatic heterocycles. The highest BCUT2D eigenvalue weighted by molar-refractivity contribution is 7.16. The smallest absolute Gasteiger partial charge is 0.326 e. The van der Waals surface area contributed by atoms with Crippen LogP contribution in [0.4, 0.5) is 15.7 Å². The van der Waals surface area contributed by atoms with Crippen molar-refractivity contribution in [1.29, 1.82) is 0 Å². The Morgan fingerprint density at radius 3 is 2.48 bits per heavy atom. The largest absolute Gasteiger partial charge is 0.497 e. The first-order valence-corrected chi connectivity index (χ1v) is 8.49. The average Bonchev–Trinajstić information content (AvgIpc) is 2.97. The van der Waals surface area contributed by atoms with E-state index in [-0.39, 0.29) is 6.03 Å². The first kappa shape index (κ1) is 16.9. The third kappa shape index (κ3) is 4.13. The van der Waals surface area contributed by atoms with Gasteiger partial charge in [-0.2, -0.15) is 0 Å². The molecule has 2 N–H and O–H groups in total. The van der Waals surface area contributed by atoms with Crippen molar-refractivity contribution in [1.82, 2.24) is 9.97 Å². The van der Waals surface area contributed by atoms with Gasteiger partial charge in [-0.1, -0.05) is 6.07 Å². The van der Waals surface area contributed by atoms with Gasteiger partial charge in [-0.05, 0) is 49.7 Å². The monoisotopic (exact) mass is 354 g/mol. The molecule has 25 heavy (non-hydrogen) atoms. The quantitative estimate of drug-likeness (QED) is 0.724. The Balaban J connectivity index is 1.71. The van der Waals surface area contributed by atoms with Gasteiger partial charge in [0.1, 0.15) is 11.6 Å². The second-order valence-electron chi connectivity index (χ2n) is 5.45. The van der Waals surface area contributed by atoms with E-state index >= 15 is 0 Å². The van der Waals surface area contributed by atoms with Gasteiger partial charge in [-0.3, -0.25) is 10.6 Å². The lowest BCUT2D eigenvalue weighted by Crippen LogP contribution is -2.19. The molecule has 2 heterocycles. The summed E-state index contributed by atoms with van der Waals surface area (Å²) < 4.78 is 5.17. The molecule has 0 saturated heterocycles. The number of thiazole rings is 1. The molecule has 0 aliphatic heterocycles. The van der Waals surface area contributed by atoms with Crippen molar-refractivity contribution in [3.63, 3.8) is 0 Å². The van der Waals surface area contributed by atoms with E-state index in [1.54, 1.807) is 19.4 Å². The molecule has 3 rings (SSSR count). The van der Waals surface area contributed by atoms with E-state index in [1.807, 2.05) is 44.2 Å². The van der Waals surface area contributed by atoms with Crippen molar-refractivity contribution in [3.8, 4) is 17.0 Å². The summed E-state index contributed by atoms with van der Waals surface area (Å²) in [4.78, 5) is 21.8. The number of methoxy groups -OCH3 is 1. The predicted molar refractivity (Wildman–Crippen MR) is 100 cm³/mol. The number of pyridine rings is 1. The van der Waals surface area contributed by atoms with Gasteiger partial charge in [0.05, 0.1) is 12.8 Å². The van der Waals surface area contributed by atoms with Crippen LogP contribution in [-0.4, -0.2) is 23.1 Å². The number of aromatic nitrogens is 2. The first-order valence-electron chi connectivity index (χ1n) is 7.67. The Bertz CT molecular complexity index is 873. The summed E-state index contributed by atoms with van der Waals surface area (Å²) in [6, 6.07) is 10.9. The highest BCUT2D eigenvalue weighted by Crippen LogP contribution is 2.31. The van der Waals surface area contributed by atoms with Crippen LogP contribution in [0.5, 0.6) is 5.75 Å². The number of aryl methyl sites for hydroxylation is 2. The van der Waals surface area contributed by atoms with Gasteiger partial charge in [-0.25, -0.2) is 14.8 Å². The lowest BCUT2D eigenvalue weighted by molar-refractivity contribution is 0.262. The molecule has 0 spiro atoms. The number of carbonyl (C=O) groups is 1. The Hall–Kier alpha value is -2.93. The third-order valence-corrected chi connectivity index (χ3v) is 4.42. The van der Waals surface area contributed by atoms with E-state index in [1.165, 1.54) is 11.3 Å². The lowest BCUT2D eigenvalue weighted by atomic mass is 10.1. The van der Waals surface area contributed by atoms with Crippen molar-refractivity contribution >= 4 is 28.3 Å². The zero-order valence-electron chi connectivity index (χ0n) is 14.2. The van der Waals surface area contributed by atoms with Crippen LogP contribution < -0.4 is 15.4 Å². The van der Waals surface area contributed by atoms with E-state index in [9.17, 15) is 4.79 Å². The molecule has 3 aromatic rings. The minimum Gasteiger partial charge on any atom is -0.497 e. The van der Waals surface area contributed by atoms with Crippen molar-refractivity contribution in [3.05, 3.63) is 53.0 Å². The minimum absolute atomic E-state index is 0.369. The van der Waals surface area contributed by atoms with Crippen LogP contribution in [0.25, 0.3) is 11.3 Å². The molecule has 0 bridgehead atoms. The number of benzene rings is 1. The van der Waals surface area contributed by atoms with Gasteiger partial charge in [-0.15, -0.1) is 11.3 Å². The normalized spacial score (nSPS) is 10.4. The number of nitrogens with one attached hydrogen (secondary N) is 2. The van der Waals surface area contributed by atoms with E-state index in [4.69, 9.17) is 4.74 Å². The van der Waals surface area contributed by atoms with Crippen molar-refractivity contribution in [2.75, 3.05) is 17.7 Å². The van der Waals surface area contributed by atoms with Gasteiger partial charge in [0.15, 0.2) is 5.13 Å². The second-order valence-corrected chi connectivity index (χ2v) is 6.66. The number of hydrogen-bond donors (Lipinski definition) is 2. The molecule has 0 atom stereocenters. The lowest BCUT2D eigenvalue weighted by Gasteiger charge is -2.04. The number of amides is 2. The summed E-state index contributed by atoms with van der Waals surface area (Å²) in [6.45, 7) is 3.91. The summed E-state index contributed by atoms with van der Waals surface area (Å²) in [5, 5.41) is 5.98. The Kier molecular flexibility index (Phi) is 4.95. The maximum absolute atomic E-state index is 12.1. The molecule has 0 fully saturated rings. The van der Waals surface area contributed by atoms with Gasteiger partial charge in [0.25, 0.3) is 0 Å². The van der Waals surface area contributed by atoms with E-state index < -0.39 is 0 Å². The molecule has 128 valence electrons. The van der Waals surface area contributed by atoms with Crippen LogP contribution in [0.3, 0.4) is 0 Å². The van der Waals surface area contributed by atoms with Gasteiger partial charge in [0, 0.05) is 16.6 Å². The van der Waals surface area contributed by atoms with Crippen LogP contribution in [0.1, 0.15) is 10.4 Å². The highest BCUT2D eigenvalue weighted by Gasteiger charge is 2.12. The van der Waals surface area contributed by atoms with Crippen LogP contribution in [0.15, 0.2) is 42.6 Å². The molecular weight excluding hydrogens is 336 g/mol. The zero-order chi connectivity index (χ0) is 17.8.